The highest BCUT2D eigenvalue weighted by atomic mass is 35.5. The predicted octanol–water partition coefficient (Wildman–Crippen LogP) is 5.20. The molecule has 3 aromatic rings. The number of carbonyl (C=O) groups is 1. The maximum absolute atomic E-state index is 12.3. The van der Waals surface area contributed by atoms with Crippen molar-refractivity contribution in [3.63, 3.8) is 0 Å². The maximum Gasteiger partial charge on any atom is 0.271 e. The normalized spacial score (nSPS) is 11.1. The van der Waals surface area contributed by atoms with E-state index in [0.717, 1.165) is 5.56 Å². The summed E-state index contributed by atoms with van der Waals surface area (Å²) in [7, 11) is 0. The van der Waals surface area contributed by atoms with Crippen LogP contribution in [0.1, 0.15) is 21.5 Å². The van der Waals surface area contributed by atoms with Gasteiger partial charge >= 0.3 is 0 Å². The molecule has 0 saturated carbocycles. The molecule has 3 rings (SSSR count). The van der Waals surface area contributed by atoms with Crippen molar-refractivity contribution in [2.75, 3.05) is 5.43 Å². The van der Waals surface area contributed by atoms with Crippen molar-refractivity contribution >= 4 is 47.2 Å². The SMILES string of the molecule is O=C(NN=Cc1ccccc1Cl)c1cccc(NN=Cc2ccccc2Cl)c1. The van der Waals surface area contributed by atoms with E-state index in [0.29, 0.717) is 26.9 Å². The van der Waals surface area contributed by atoms with E-state index in [9.17, 15) is 4.79 Å². The molecule has 7 heteroatoms. The lowest BCUT2D eigenvalue weighted by Crippen LogP contribution is -2.17. The van der Waals surface area contributed by atoms with Crippen LogP contribution < -0.4 is 10.9 Å². The van der Waals surface area contributed by atoms with Crippen LogP contribution in [0.2, 0.25) is 10.0 Å². The molecule has 0 atom stereocenters. The second-order valence-electron chi connectivity index (χ2n) is 5.69. The molecule has 0 radical (unpaired) electrons. The summed E-state index contributed by atoms with van der Waals surface area (Å²) in [6.07, 6.45) is 3.11. The Morgan fingerprint density at radius 2 is 1.39 bits per heavy atom. The van der Waals surface area contributed by atoms with Gasteiger partial charge in [0.05, 0.1) is 18.1 Å². The quantitative estimate of drug-likeness (QED) is 0.432. The summed E-state index contributed by atoms with van der Waals surface area (Å²) in [5.74, 6) is -0.345. The van der Waals surface area contributed by atoms with Crippen LogP contribution in [0.4, 0.5) is 5.69 Å². The third-order valence-corrected chi connectivity index (χ3v) is 4.39. The van der Waals surface area contributed by atoms with E-state index in [1.54, 1.807) is 48.7 Å². The van der Waals surface area contributed by atoms with Gasteiger partial charge in [-0.05, 0) is 30.3 Å². The van der Waals surface area contributed by atoms with E-state index in [1.165, 1.54) is 6.21 Å². The number of benzene rings is 3. The molecule has 0 aliphatic heterocycles. The number of anilines is 1. The van der Waals surface area contributed by atoms with Gasteiger partial charge in [-0.15, -0.1) is 0 Å². The molecule has 0 heterocycles. The van der Waals surface area contributed by atoms with Gasteiger partial charge in [0, 0.05) is 26.7 Å². The first-order chi connectivity index (χ1) is 13.6. The molecule has 0 fully saturated rings. The van der Waals surface area contributed by atoms with Crippen molar-refractivity contribution in [3.05, 3.63) is 99.5 Å². The zero-order chi connectivity index (χ0) is 19.8. The number of hydrogen-bond acceptors (Lipinski definition) is 4. The molecule has 5 nitrogen and oxygen atoms in total. The van der Waals surface area contributed by atoms with Crippen LogP contribution in [-0.2, 0) is 0 Å². The van der Waals surface area contributed by atoms with Crippen molar-refractivity contribution in [1.29, 1.82) is 0 Å². The van der Waals surface area contributed by atoms with Crippen molar-refractivity contribution in [1.82, 2.24) is 5.43 Å². The van der Waals surface area contributed by atoms with Crippen LogP contribution in [0.15, 0.2) is 83.0 Å². The summed E-state index contributed by atoms with van der Waals surface area (Å²) in [5.41, 5.74) is 7.96. The van der Waals surface area contributed by atoms with Crippen LogP contribution in [0.3, 0.4) is 0 Å². The number of halogens is 2. The highest BCUT2D eigenvalue weighted by molar-refractivity contribution is 6.33. The van der Waals surface area contributed by atoms with Crippen LogP contribution in [0.5, 0.6) is 0 Å². The molecule has 0 spiro atoms. The lowest BCUT2D eigenvalue weighted by atomic mass is 10.2. The van der Waals surface area contributed by atoms with Gasteiger partial charge in [-0.2, -0.15) is 10.2 Å². The maximum atomic E-state index is 12.3. The highest BCUT2D eigenvalue weighted by Gasteiger charge is 2.05. The number of rotatable bonds is 6. The molecule has 140 valence electrons. The van der Waals surface area contributed by atoms with E-state index in [-0.39, 0.29) is 5.91 Å². The van der Waals surface area contributed by atoms with Gasteiger partial charge in [-0.1, -0.05) is 65.7 Å². The second kappa shape index (κ2) is 9.69. The summed E-state index contributed by atoms with van der Waals surface area (Å²) in [6.45, 7) is 0. The Morgan fingerprint density at radius 3 is 2.04 bits per heavy atom. The predicted molar refractivity (Wildman–Crippen MR) is 116 cm³/mol. The number of amides is 1. The van der Waals surface area contributed by atoms with Gasteiger partial charge in [-0.3, -0.25) is 10.2 Å². The first kappa shape index (κ1) is 19.6. The lowest BCUT2D eigenvalue weighted by molar-refractivity contribution is 0.0955. The van der Waals surface area contributed by atoms with E-state index in [4.69, 9.17) is 23.2 Å². The zero-order valence-corrected chi connectivity index (χ0v) is 16.2. The summed E-state index contributed by atoms with van der Waals surface area (Å²) in [6, 6.07) is 21.5. The molecule has 3 aromatic carbocycles. The summed E-state index contributed by atoms with van der Waals surface area (Å²) < 4.78 is 0. The topological polar surface area (TPSA) is 65.8 Å². The number of nitrogens with one attached hydrogen (secondary N) is 2. The Balaban J connectivity index is 1.61. The Bertz CT molecular complexity index is 1030. The molecule has 2 N–H and O–H groups in total. The van der Waals surface area contributed by atoms with Gasteiger partial charge in [-0.25, -0.2) is 5.43 Å². The molecule has 0 aliphatic carbocycles. The Kier molecular flexibility index (Phi) is 6.78. The van der Waals surface area contributed by atoms with Gasteiger partial charge < -0.3 is 0 Å². The van der Waals surface area contributed by atoms with Crippen LogP contribution in [0.25, 0.3) is 0 Å². The van der Waals surface area contributed by atoms with Gasteiger partial charge in [0.25, 0.3) is 5.91 Å². The third-order valence-electron chi connectivity index (χ3n) is 3.70. The van der Waals surface area contributed by atoms with E-state index in [1.807, 2.05) is 30.3 Å². The van der Waals surface area contributed by atoms with Crippen LogP contribution in [0, 0.1) is 0 Å². The summed E-state index contributed by atoms with van der Waals surface area (Å²) in [5, 5.41) is 9.26. The van der Waals surface area contributed by atoms with Gasteiger partial charge in [0.2, 0.25) is 0 Å². The van der Waals surface area contributed by atoms with Gasteiger partial charge in [0.1, 0.15) is 0 Å². The second-order valence-corrected chi connectivity index (χ2v) is 6.51. The minimum absolute atomic E-state index is 0.345. The monoisotopic (exact) mass is 410 g/mol. The van der Waals surface area contributed by atoms with Crippen molar-refractivity contribution in [2.45, 2.75) is 0 Å². The zero-order valence-electron chi connectivity index (χ0n) is 14.6. The Labute approximate surface area is 172 Å². The fraction of sp³-hybridized carbons (Fsp3) is 0. The van der Waals surface area contributed by atoms with Crippen molar-refractivity contribution in [2.24, 2.45) is 10.2 Å². The fourth-order valence-corrected chi connectivity index (χ4v) is 2.66. The van der Waals surface area contributed by atoms with E-state index >= 15 is 0 Å². The van der Waals surface area contributed by atoms with E-state index < -0.39 is 0 Å². The van der Waals surface area contributed by atoms with Crippen molar-refractivity contribution < 1.29 is 4.79 Å². The molecular weight excluding hydrogens is 395 g/mol. The average molecular weight is 411 g/mol. The highest BCUT2D eigenvalue weighted by Crippen LogP contribution is 2.14. The van der Waals surface area contributed by atoms with E-state index in [2.05, 4.69) is 21.1 Å². The molecule has 0 bridgehead atoms. The molecule has 0 aromatic heterocycles. The molecule has 1 amide bonds. The minimum atomic E-state index is -0.345. The number of hydrogen-bond donors (Lipinski definition) is 2. The van der Waals surface area contributed by atoms with Crippen LogP contribution >= 0.6 is 23.2 Å². The van der Waals surface area contributed by atoms with Crippen molar-refractivity contribution in [3.8, 4) is 0 Å². The summed E-state index contributed by atoms with van der Waals surface area (Å²) >= 11 is 12.1. The largest absolute Gasteiger partial charge is 0.278 e. The first-order valence-corrected chi connectivity index (χ1v) is 9.11. The van der Waals surface area contributed by atoms with Gasteiger partial charge in [0.15, 0.2) is 0 Å². The fourth-order valence-electron chi connectivity index (χ4n) is 2.29. The van der Waals surface area contributed by atoms with Crippen LogP contribution in [-0.4, -0.2) is 18.3 Å². The Morgan fingerprint density at radius 1 is 0.786 bits per heavy atom. The molecule has 0 aliphatic rings. The molecule has 0 saturated heterocycles. The molecule has 0 unspecified atom stereocenters. The molecule has 28 heavy (non-hydrogen) atoms. The Hall–Kier alpha value is -3.15. The third kappa shape index (κ3) is 5.42. The number of nitrogens with zero attached hydrogens (tertiary/aromatic N) is 2. The minimum Gasteiger partial charge on any atom is -0.278 e. The number of hydrazone groups is 2. The lowest BCUT2D eigenvalue weighted by Gasteiger charge is -2.04. The smallest absolute Gasteiger partial charge is 0.271 e. The molecular formula is C21H16Cl2N4O. The summed E-state index contributed by atoms with van der Waals surface area (Å²) in [4.78, 5) is 12.3. The average Bonchev–Trinajstić information content (AvgIpc) is 2.71. The first-order valence-electron chi connectivity index (χ1n) is 8.35. The standard InChI is InChI=1S/C21H16Cl2N4O/c22-19-10-3-1-6-16(19)13-24-26-18-9-5-8-15(12-18)21(28)27-25-14-17-7-2-4-11-20(17)23/h1-14,26H,(H,27,28). The number of carbonyl (C=O) groups excluding carboxylic acids is 1.